The summed E-state index contributed by atoms with van der Waals surface area (Å²) in [6.45, 7) is 15.6. The molecule has 6 nitrogen and oxygen atoms in total. The summed E-state index contributed by atoms with van der Waals surface area (Å²) in [5, 5.41) is 10.2. The van der Waals surface area contributed by atoms with Gasteiger partial charge < -0.3 is 19.5 Å². The lowest BCUT2D eigenvalue weighted by atomic mass is 9.99. The molecule has 1 aromatic rings. The first-order valence-corrected chi connectivity index (χ1v) is 10.4. The molecular weight excluding hydrogens is 354 g/mol. The van der Waals surface area contributed by atoms with E-state index in [2.05, 4.69) is 61.6 Å². The van der Waals surface area contributed by atoms with Crippen LogP contribution in [0.3, 0.4) is 0 Å². The van der Waals surface area contributed by atoms with Crippen molar-refractivity contribution < 1.29 is 14.6 Å². The molecule has 1 aliphatic heterocycles. The van der Waals surface area contributed by atoms with Crippen LogP contribution in [0.4, 0.5) is 0 Å². The molecule has 6 heteroatoms. The zero-order chi connectivity index (χ0) is 20.7. The van der Waals surface area contributed by atoms with Gasteiger partial charge in [-0.15, -0.1) is 0 Å². The SMILES string of the molecule is CCN(CC)C[C@@H](O)COc1ccc(CN2CCN(C)C(C)(C)C2)cc1OC. The maximum absolute atomic E-state index is 10.2. The fraction of sp³-hybridized carbons (Fsp3) is 0.727. The van der Waals surface area contributed by atoms with Crippen molar-refractivity contribution in [3.05, 3.63) is 23.8 Å². The summed E-state index contributed by atoms with van der Waals surface area (Å²) in [6.07, 6.45) is -0.517. The van der Waals surface area contributed by atoms with Crippen molar-refractivity contribution >= 4 is 0 Å². The van der Waals surface area contributed by atoms with Crippen LogP contribution in [0.2, 0.25) is 0 Å². The minimum atomic E-state index is -0.517. The minimum absolute atomic E-state index is 0.187. The standard InChI is InChI=1S/C22H39N3O3/c1-7-24(8-2)15-19(26)16-28-20-10-9-18(13-21(20)27-6)14-25-12-11-23(5)22(3,4)17-25/h9-10,13,19,26H,7-8,11-12,14-17H2,1-6H3/t19-/m1/s1. The van der Waals surface area contributed by atoms with Gasteiger partial charge in [0, 0.05) is 38.3 Å². The maximum atomic E-state index is 10.2. The van der Waals surface area contributed by atoms with Crippen LogP contribution in [-0.4, -0.2) is 91.5 Å². The Kier molecular flexibility index (Phi) is 8.56. The summed E-state index contributed by atoms with van der Waals surface area (Å²) >= 11 is 0. The highest BCUT2D eigenvalue weighted by Crippen LogP contribution is 2.29. The topological polar surface area (TPSA) is 48.4 Å². The van der Waals surface area contributed by atoms with Crippen LogP contribution < -0.4 is 9.47 Å². The lowest BCUT2D eigenvalue weighted by Crippen LogP contribution is -2.57. The van der Waals surface area contributed by atoms with Gasteiger partial charge >= 0.3 is 0 Å². The van der Waals surface area contributed by atoms with E-state index in [9.17, 15) is 5.11 Å². The predicted octanol–water partition coefficient (Wildman–Crippen LogP) is 2.30. The van der Waals surface area contributed by atoms with Gasteiger partial charge in [-0.2, -0.15) is 0 Å². The van der Waals surface area contributed by atoms with E-state index < -0.39 is 6.10 Å². The van der Waals surface area contributed by atoms with E-state index in [0.717, 1.165) is 45.0 Å². The van der Waals surface area contributed by atoms with Gasteiger partial charge in [-0.3, -0.25) is 9.80 Å². The number of rotatable bonds is 10. The van der Waals surface area contributed by atoms with Crippen molar-refractivity contribution in [1.82, 2.24) is 14.7 Å². The molecule has 0 amide bonds. The third-order valence-corrected chi connectivity index (χ3v) is 5.82. The van der Waals surface area contributed by atoms with Gasteiger partial charge in [0.05, 0.1) is 7.11 Å². The number of aliphatic hydroxyl groups excluding tert-OH is 1. The third-order valence-electron chi connectivity index (χ3n) is 5.82. The summed E-state index contributed by atoms with van der Waals surface area (Å²) in [5.74, 6) is 1.41. The molecule has 1 atom stereocenters. The van der Waals surface area contributed by atoms with E-state index in [1.165, 1.54) is 5.56 Å². The van der Waals surface area contributed by atoms with Crippen molar-refractivity contribution in [2.75, 3.05) is 60.0 Å². The second-order valence-corrected chi connectivity index (χ2v) is 8.38. The maximum Gasteiger partial charge on any atom is 0.161 e. The quantitative estimate of drug-likeness (QED) is 0.658. The zero-order valence-electron chi connectivity index (χ0n) is 18.6. The zero-order valence-corrected chi connectivity index (χ0v) is 18.6. The fourth-order valence-electron chi connectivity index (χ4n) is 3.68. The molecule has 0 bridgehead atoms. The molecule has 1 fully saturated rings. The number of likely N-dealkylation sites (N-methyl/N-ethyl adjacent to an activating group) is 2. The minimum Gasteiger partial charge on any atom is -0.493 e. The smallest absolute Gasteiger partial charge is 0.161 e. The van der Waals surface area contributed by atoms with Crippen LogP contribution >= 0.6 is 0 Å². The fourth-order valence-corrected chi connectivity index (χ4v) is 3.68. The Hall–Kier alpha value is -1.34. The van der Waals surface area contributed by atoms with E-state index in [-0.39, 0.29) is 12.1 Å². The Morgan fingerprint density at radius 3 is 2.50 bits per heavy atom. The summed E-state index contributed by atoms with van der Waals surface area (Å²) in [5.41, 5.74) is 1.40. The van der Waals surface area contributed by atoms with Crippen molar-refractivity contribution in [3.8, 4) is 11.5 Å². The molecule has 0 aliphatic carbocycles. The Morgan fingerprint density at radius 1 is 1.18 bits per heavy atom. The lowest BCUT2D eigenvalue weighted by Gasteiger charge is -2.45. The van der Waals surface area contributed by atoms with Gasteiger partial charge in [-0.1, -0.05) is 19.9 Å². The van der Waals surface area contributed by atoms with E-state index in [1.807, 2.05) is 6.07 Å². The second-order valence-electron chi connectivity index (χ2n) is 8.38. The number of piperazine rings is 1. The number of benzene rings is 1. The van der Waals surface area contributed by atoms with Crippen LogP contribution in [0, 0.1) is 0 Å². The molecule has 0 spiro atoms. The van der Waals surface area contributed by atoms with E-state index in [1.54, 1.807) is 7.11 Å². The number of hydrogen-bond donors (Lipinski definition) is 1. The van der Waals surface area contributed by atoms with Crippen LogP contribution in [0.15, 0.2) is 18.2 Å². The summed E-state index contributed by atoms with van der Waals surface area (Å²) in [4.78, 5) is 7.10. The van der Waals surface area contributed by atoms with Crippen molar-refractivity contribution in [3.63, 3.8) is 0 Å². The molecular formula is C22H39N3O3. The second kappa shape index (κ2) is 10.4. The van der Waals surface area contributed by atoms with E-state index in [0.29, 0.717) is 12.3 Å². The molecule has 2 rings (SSSR count). The Labute approximate surface area is 171 Å². The monoisotopic (exact) mass is 393 g/mol. The molecule has 1 heterocycles. The van der Waals surface area contributed by atoms with Gasteiger partial charge in [0.25, 0.3) is 0 Å². The molecule has 1 N–H and O–H groups in total. The summed E-state index contributed by atoms with van der Waals surface area (Å²) in [7, 11) is 3.86. The van der Waals surface area contributed by atoms with Gasteiger partial charge in [0.1, 0.15) is 12.7 Å². The molecule has 1 aromatic carbocycles. The summed E-state index contributed by atoms with van der Waals surface area (Å²) in [6, 6.07) is 6.11. The first-order valence-electron chi connectivity index (χ1n) is 10.4. The molecule has 0 saturated carbocycles. The van der Waals surface area contributed by atoms with Crippen LogP contribution in [0.5, 0.6) is 11.5 Å². The molecule has 0 unspecified atom stereocenters. The first-order chi connectivity index (χ1) is 13.3. The highest BCUT2D eigenvalue weighted by Gasteiger charge is 2.30. The van der Waals surface area contributed by atoms with E-state index >= 15 is 0 Å². The Bertz CT molecular complexity index is 605. The average Bonchev–Trinajstić information content (AvgIpc) is 2.67. The van der Waals surface area contributed by atoms with Crippen molar-refractivity contribution in [2.24, 2.45) is 0 Å². The van der Waals surface area contributed by atoms with Crippen molar-refractivity contribution in [2.45, 2.75) is 45.9 Å². The van der Waals surface area contributed by atoms with Gasteiger partial charge in [0.15, 0.2) is 11.5 Å². The Morgan fingerprint density at radius 2 is 1.89 bits per heavy atom. The van der Waals surface area contributed by atoms with Gasteiger partial charge in [-0.05, 0) is 51.7 Å². The van der Waals surface area contributed by atoms with E-state index in [4.69, 9.17) is 9.47 Å². The number of nitrogens with zero attached hydrogens (tertiary/aromatic N) is 3. The number of methoxy groups -OCH3 is 1. The van der Waals surface area contributed by atoms with Crippen LogP contribution in [0.25, 0.3) is 0 Å². The molecule has 160 valence electrons. The molecule has 1 saturated heterocycles. The average molecular weight is 394 g/mol. The predicted molar refractivity (Wildman–Crippen MR) is 114 cm³/mol. The van der Waals surface area contributed by atoms with Gasteiger partial charge in [0.2, 0.25) is 0 Å². The highest BCUT2D eigenvalue weighted by atomic mass is 16.5. The Balaban J connectivity index is 1.94. The molecule has 1 aliphatic rings. The highest BCUT2D eigenvalue weighted by molar-refractivity contribution is 5.43. The number of ether oxygens (including phenoxy) is 2. The largest absolute Gasteiger partial charge is 0.493 e. The number of aliphatic hydroxyl groups is 1. The molecule has 0 aromatic heterocycles. The third kappa shape index (κ3) is 6.34. The first kappa shape index (κ1) is 22.9. The van der Waals surface area contributed by atoms with Crippen LogP contribution in [0.1, 0.15) is 33.3 Å². The lowest BCUT2D eigenvalue weighted by molar-refractivity contribution is 0.0359. The normalized spacial score (nSPS) is 19.0. The van der Waals surface area contributed by atoms with Gasteiger partial charge in [-0.25, -0.2) is 0 Å². The summed E-state index contributed by atoms with van der Waals surface area (Å²) < 4.78 is 11.4. The molecule has 28 heavy (non-hydrogen) atoms. The van der Waals surface area contributed by atoms with Crippen molar-refractivity contribution in [1.29, 1.82) is 0 Å². The van der Waals surface area contributed by atoms with Crippen LogP contribution in [-0.2, 0) is 6.54 Å². The number of hydrogen-bond acceptors (Lipinski definition) is 6. The molecule has 0 radical (unpaired) electrons.